The first-order valence-corrected chi connectivity index (χ1v) is 7.99. The molecule has 3 unspecified atom stereocenters. The van der Waals surface area contributed by atoms with E-state index >= 15 is 0 Å². The fraction of sp³-hybridized carbons (Fsp3) is 0.846. The first-order chi connectivity index (χ1) is 8.51. The Kier molecular flexibility index (Phi) is 5.99. The van der Waals surface area contributed by atoms with E-state index in [-0.39, 0.29) is 29.8 Å². The van der Waals surface area contributed by atoms with Gasteiger partial charge in [0.25, 0.3) is 0 Å². The second-order valence-electron chi connectivity index (χ2n) is 5.02. The summed E-state index contributed by atoms with van der Waals surface area (Å²) in [6.07, 6.45) is 3.34. The number of thioether (sulfide) groups is 1. The Bertz CT molecular complexity index is 309. The van der Waals surface area contributed by atoms with Crippen LogP contribution in [0, 0.1) is 5.92 Å². The summed E-state index contributed by atoms with van der Waals surface area (Å²) in [4.78, 5) is 26.1. The largest absolute Gasteiger partial charge is 0.344 e. The van der Waals surface area contributed by atoms with Gasteiger partial charge in [-0.25, -0.2) is 0 Å². The van der Waals surface area contributed by atoms with E-state index in [9.17, 15) is 9.59 Å². The lowest BCUT2D eigenvalue weighted by Crippen LogP contribution is -2.51. The van der Waals surface area contributed by atoms with Crippen molar-refractivity contribution >= 4 is 23.6 Å². The fourth-order valence-corrected chi connectivity index (χ4v) is 2.87. The second-order valence-corrected chi connectivity index (χ2v) is 5.93. The van der Waals surface area contributed by atoms with Crippen molar-refractivity contribution in [2.24, 2.45) is 5.92 Å². The fourth-order valence-electron chi connectivity index (χ4n) is 2.21. The number of carbonyl (C=O) groups excluding carboxylic acids is 2. The Labute approximate surface area is 114 Å². The van der Waals surface area contributed by atoms with E-state index in [1.807, 2.05) is 25.0 Å². The van der Waals surface area contributed by atoms with E-state index in [2.05, 4.69) is 12.2 Å². The number of rotatable bonds is 5. The van der Waals surface area contributed by atoms with Crippen LogP contribution in [0.25, 0.3) is 0 Å². The molecular weight excluding hydrogens is 248 g/mol. The quantitative estimate of drug-likeness (QED) is 0.825. The Morgan fingerprint density at radius 1 is 1.44 bits per heavy atom. The molecular formula is C13H24N2O2S. The van der Waals surface area contributed by atoms with Crippen LogP contribution in [0.1, 0.15) is 33.6 Å². The maximum Gasteiger partial charge on any atom is 0.245 e. The zero-order chi connectivity index (χ0) is 13.7. The van der Waals surface area contributed by atoms with Crippen LogP contribution >= 0.6 is 11.8 Å². The summed E-state index contributed by atoms with van der Waals surface area (Å²) in [5.74, 6) is 1.17. The number of nitrogens with one attached hydrogen (secondary N) is 1. The van der Waals surface area contributed by atoms with Crippen molar-refractivity contribution in [1.82, 2.24) is 10.2 Å². The van der Waals surface area contributed by atoms with E-state index in [4.69, 9.17) is 0 Å². The van der Waals surface area contributed by atoms with Gasteiger partial charge >= 0.3 is 0 Å². The molecule has 1 saturated heterocycles. The molecule has 0 aromatic heterocycles. The Morgan fingerprint density at radius 3 is 2.67 bits per heavy atom. The molecule has 1 fully saturated rings. The van der Waals surface area contributed by atoms with Crippen molar-refractivity contribution < 1.29 is 9.59 Å². The van der Waals surface area contributed by atoms with Crippen molar-refractivity contribution in [3.05, 3.63) is 0 Å². The third-order valence-electron chi connectivity index (χ3n) is 3.60. The molecule has 2 amide bonds. The molecule has 0 spiro atoms. The molecule has 0 aromatic rings. The average Bonchev–Trinajstić information content (AvgIpc) is 2.49. The highest BCUT2D eigenvalue weighted by atomic mass is 32.2. The second kappa shape index (κ2) is 7.02. The molecule has 4 nitrogen and oxygen atoms in total. The standard InChI is InChI=1S/C13H24N2O2S/c1-5-9(2)12-13(17)15(10(3)8-18-4)7-6-11(16)14-12/h9-10,12H,5-8H2,1-4H3,(H,14,16). The van der Waals surface area contributed by atoms with Crippen molar-refractivity contribution in [1.29, 1.82) is 0 Å². The zero-order valence-electron chi connectivity index (χ0n) is 11.7. The summed E-state index contributed by atoms with van der Waals surface area (Å²) in [6, 6.07) is -0.166. The molecule has 1 N–H and O–H groups in total. The molecule has 0 aromatic carbocycles. The van der Waals surface area contributed by atoms with Gasteiger partial charge < -0.3 is 10.2 Å². The van der Waals surface area contributed by atoms with Gasteiger partial charge in [-0.1, -0.05) is 20.3 Å². The monoisotopic (exact) mass is 272 g/mol. The highest BCUT2D eigenvalue weighted by Gasteiger charge is 2.34. The third kappa shape index (κ3) is 3.64. The predicted molar refractivity (Wildman–Crippen MR) is 75.6 cm³/mol. The van der Waals surface area contributed by atoms with Gasteiger partial charge in [0, 0.05) is 24.8 Å². The minimum atomic E-state index is -0.352. The highest BCUT2D eigenvalue weighted by molar-refractivity contribution is 7.98. The van der Waals surface area contributed by atoms with Crippen LogP contribution in [0.2, 0.25) is 0 Å². The molecule has 0 aliphatic carbocycles. The molecule has 1 rings (SSSR count). The SMILES string of the molecule is CCC(C)C1NC(=O)CCN(C(C)CSC)C1=O. The van der Waals surface area contributed by atoms with E-state index < -0.39 is 0 Å². The van der Waals surface area contributed by atoms with Crippen molar-refractivity contribution in [2.75, 3.05) is 18.6 Å². The summed E-state index contributed by atoms with van der Waals surface area (Å²) in [7, 11) is 0. The van der Waals surface area contributed by atoms with Gasteiger partial charge in [-0.3, -0.25) is 9.59 Å². The number of carbonyl (C=O) groups is 2. The molecule has 0 saturated carbocycles. The molecule has 0 bridgehead atoms. The minimum Gasteiger partial charge on any atom is -0.344 e. The van der Waals surface area contributed by atoms with Crippen molar-refractivity contribution in [2.45, 2.75) is 45.7 Å². The normalized spacial score (nSPS) is 24.4. The summed E-state index contributed by atoms with van der Waals surface area (Å²) in [6.45, 7) is 6.66. The van der Waals surface area contributed by atoms with E-state index in [1.165, 1.54) is 0 Å². The molecule has 5 heteroatoms. The molecule has 1 aliphatic heterocycles. The first-order valence-electron chi connectivity index (χ1n) is 6.60. The lowest BCUT2D eigenvalue weighted by molar-refractivity contribution is -0.136. The van der Waals surface area contributed by atoms with Crippen molar-refractivity contribution in [3.63, 3.8) is 0 Å². The molecule has 3 atom stereocenters. The lowest BCUT2D eigenvalue weighted by Gasteiger charge is -2.31. The van der Waals surface area contributed by atoms with E-state index in [1.54, 1.807) is 11.8 Å². The highest BCUT2D eigenvalue weighted by Crippen LogP contribution is 2.17. The summed E-state index contributed by atoms with van der Waals surface area (Å²) in [5, 5.41) is 2.87. The van der Waals surface area contributed by atoms with Crippen LogP contribution in [0.5, 0.6) is 0 Å². The lowest BCUT2D eigenvalue weighted by atomic mass is 9.98. The van der Waals surface area contributed by atoms with Crippen LogP contribution in [0.3, 0.4) is 0 Å². The maximum absolute atomic E-state index is 12.5. The Balaban J connectivity index is 2.85. The van der Waals surface area contributed by atoms with E-state index in [0.29, 0.717) is 13.0 Å². The van der Waals surface area contributed by atoms with Crippen molar-refractivity contribution in [3.8, 4) is 0 Å². The topological polar surface area (TPSA) is 49.4 Å². The van der Waals surface area contributed by atoms with Crippen LogP contribution in [0.15, 0.2) is 0 Å². The van der Waals surface area contributed by atoms with Gasteiger partial charge in [-0.15, -0.1) is 0 Å². The van der Waals surface area contributed by atoms with Crippen LogP contribution < -0.4 is 5.32 Å². The van der Waals surface area contributed by atoms with Gasteiger partial charge in [0.2, 0.25) is 11.8 Å². The molecule has 1 aliphatic rings. The summed E-state index contributed by atoms with van der Waals surface area (Å²) < 4.78 is 0. The van der Waals surface area contributed by atoms with E-state index in [0.717, 1.165) is 12.2 Å². The maximum atomic E-state index is 12.5. The number of amides is 2. The Morgan fingerprint density at radius 2 is 2.11 bits per heavy atom. The van der Waals surface area contributed by atoms with Gasteiger partial charge in [0.1, 0.15) is 6.04 Å². The smallest absolute Gasteiger partial charge is 0.245 e. The number of hydrogen-bond acceptors (Lipinski definition) is 3. The number of hydrogen-bond donors (Lipinski definition) is 1. The van der Waals surface area contributed by atoms with Gasteiger partial charge in [-0.2, -0.15) is 11.8 Å². The average molecular weight is 272 g/mol. The Hall–Kier alpha value is -0.710. The predicted octanol–water partition coefficient (Wildman–Crippen LogP) is 1.50. The summed E-state index contributed by atoms with van der Waals surface area (Å²) in [5.41, 5.74) is 0. The molecule has 104 valence electrons. The molecule has 18 heavy (non-hydrogen) atoms. The zero-order valence-corrected chi connectivity index (χ0v) is 12.5. The minimum absolute atomic E-state index is 0.00694. The van der Waals surface area contributed by atoms with Gasteiger partial charge in [-0.05, 0) is 19.1 Å². The molecule has 0 radical (unpaired) electrons. The van der Waals surface area contributed by atoms with Gasteiger partial charge in [0.05, 0.1) is 0 Å². The van der Waals surface area contributed by atoms with Crippen LogP contribution in [0.4, 0.5) is 0 Å². The number of nitrogens with zero attached hydrogens (tertiary/aromatic N) is 1. The van der Waals surface area contributed by atoms with Crippen LogP contribution in [-0.2, 0) is 9.59 Å². The van der Waals surface area contributed by atoms with Crippen LogP contribution in [-0.4, -0.2) is 47.4 Å². The summed E-state index contributed by atoms with van der Waals surface area (Å²) >= 11 is 1.73. The third-order valence-corrected chi connectivity index (χ3v) is 4.41. The first kappa shape index (κ1) is 15.3. The van der Waals surface area contributed by atoms with Gasteiger partial charge in [0.15, 0.2) is 0 Å². The molecule has 1 heterocycles.